The summed E-state index contributed by atoms with van der Waals surface area (Å²) in [5.41, 5.74) is 1.51. The van der Waals surface area contributed by atoms with Crippen molar-refractivity contribution >= 4 is 29.4 Å². The zero-order valence-electron chi connectivity index (χ0n) is 17.6. The number of benzene rings is 2. The molecule has 0 aliphatic carbocycles. The first kappa shape index (κ1) is 22.8. The van der Waals surface area contributed by atoms with E-state index in [9.17, 15) is 14.4 Å². The highest BCUT2D eigenvalue weighted by Gasteiger charge is 2.27. The number of amides is 2. The van der Waals surface area contributed by atoms with Gasteiger partial charge in [-0.25, -0.2) is 4.79 Å². The lowest BCUT2D eigenvalue weighted by Crippen LogP contribution is -2.40. The molecule has 3 rings (SSSR count). The highest BCUT2D eigenvalue weighted by molar-refractivity contribution is 6.31. The molecule has 1 atom stereocenters. The lowest BCUT2D eigenvalue weighted by molar-refractivity contribution is -0.121. The van der Waals surface area contributed by atoms with Crippen molar-refractivity contribution in [2.24, 2.45) is 5.92 Å². The molecule has 0 saturated carbocycles. The number of ether oxygens (including phenoxy) is 1. The molecule has 1 aliphatic rings. The number of hydrogen-bond acceptors (Lipinski definition) is 4. The molecule has 31 heavy (non-hydrogen) atoms. The van der Waals surface area contributed by atoms with Crippen molar-refractivity contribution in [1.29, 1.82) is 0 Å². The largest absolute Gasteiger partial charge is 0.465 e. The molecule has 1 heterocycles. The highest BCUT2D eigenvalue weighted by Crippen LogP contribution is 2.24. The van der Waals surface area contributed by atoms with Crippen LogP contribution in [0.2, 0.25) is 5.02 Å². The van der Waals surface area contributed by atoms with Crippen LogP contribution in [0.15, 0.2) is 48.5 Å². The third-order valence-electron chi connectivity index (χ3n) is 5.58. The van der Waals surface area contributed by atoms with Crippen LogP contribution in [0, 0.1) is 5.92 Å². The van der Waals surface area contributed by atoms with Gasteiger partial charge in [-0.1, -0.05) is 41.9 Å². The Labute approximate surface area is 187 Å². The van der Waals surface area contributed by atoms with Crippen LogP contribution in [0.5, 0.6) is 0 Å². The Balaban J connectivity index is 1.53. The molecule has 1 fully saturated rings. The average Bonchev–Trinajstić information content (AvgIpc) is 2.81. The summed E-state index contributed by atoms with van der Waals surface area (Å²) < 4.78 is 4.80. The van der Waals surface area contributed by atoms with Gasteiger partial charge in [-0.15, -0.1) is 0 Å². The van der Waals surface area contributed by atoms with E-state index < -0.39 is 5.97 Å². The fourth-order valence-corrected chi connectivity index (χ4v) is 4.07. The van der Waals surface area contributed by atoms with Crippen molar-refractivity contribution in [3.8, 4) is 0 Å². The summed E-state index contributed by atoms with van der Waals surface area (Å²) in [4.78, 5) is 39.1. The van der Waals surface area contributed by atoms with E-state index >= 15 is 0 Å². The van der Waals surface area contributed by atoms with Crippen LogP contribution < -0.4 is 5.32 Å². The molecule has 164 valence electrons. The van der Waals surface area contributed by atoms with E-state index in [1.807, 2.05) is 18.2 Å². The molecule has 0 bridgehead atoms. The summed E-state index contributed by atoms with van der Waals surface area (Å²) in [5, 5.41) is 3.55. The normalized spacial score (nSPS) is 15.9. The van der Waals surface area contributed by atoms with E-state index in [2.05, 4.69) is 5.32 Å². The van der Waals surface area contributed by atoms with Gasteiger partial charge in [-0.3, -0.25) is 9.59 Å². The van der Waals surface area contributed by atoms with E-state index in [4.69, 9.17) is 16.3 Å². The molecule has 6 nitrogen and oxygen atoms in total. The molecule has 2 amide bonds. The van der Waals surface area contributed by atoms with E-state index in [1.54, 1.807) is 35.2 Å². The van der Waals surface area contributed by atoms with Crippen LogP contribution in [-0.2, 0) is 16.1 Å². The SMILES string of the molecule is COC(=O)c1ccccc1C(=O)N1CCCC(CCC(=O)NCc2ccccc2Cl)C1. The molecule has 2 aromatic carbocycles. The van der Waals surface area contributed by atoms with Gasteiger partial charge in [0.05, 0.1) is 18.2 Å². The van der Waals surface area contributed by atoms with Gasteiger partial charge in [-0.2, -0.15) is 0 Å². The first-order chi connectivity index (χ1) is 15.0. The Morgan fingerprint density at radius 2 is 1.81 bits per heavy atom. The lowest BCUT2D eigenvalue weighted by atomic mass is 9.92. The second-order valence-corrected chi connectivity index (χ2v) is 8.11. The molecular formula is C24H27ClN2O4. The van der Waals surface area contributed by atoms with Gasteiger partial charge in [0.1, 0.15) is 0 Å². The molecule has 7 heteroatoms. The zero-order chi connectivity index (χ0) is 22.2. The summed E-state index contributed by atoms with van der Waals surface area (Å²) in [5.74, 6) is -0.477. The van der Waals surface area contributed by atoms with Gasteiger partial charge in [0.2, 0.25) is 5.91 Å². The number of nitrogens with zero attached hydrogens (tertiary/aromatic N) is 1. The molecule has 0 aromatic heterocycles. The fourth-order valence-electron chi connectivity index (χ4n) is 3.87. The van der Waals surface area contributed by atoms with Crippen LogP contribution in [0.4, 0.5) is 0 Å². The van der Waals surface area contributed by atoms with Gasteiger partial charge in [-0.05, 0) is 48.9 Å². The number of piperidine rings is 1. The second-order valence-electron chi connectivity index (χ2n) is 7.70. The average molecular weight is 443 g/mol. The Morgan fingerprint density at radius 3 is 2.55 bits per heavy atom. The number of likely N-dealkylation sites (tertiary alicyclic amines) is 1. The molecule has 0 spiro atoms. The monoisotopic (exact) mass is 442 g/mol. The Kier molecular flexibility index (Phi) is 8.06. The van der Waals surface area contributed by atoms with E-state index in [-0.39, 0.29) is 23.3 Å². The molecule has 1 saturated heterocycles. The minimum atomic E-state index is -0.521. The third kappa shape index (κ3) is 6.07. The van der Waals surface area contributed by atoms with Gasteiger partial charge >= 0.3 is 5.97 Å². The number of rotatable bonds is 7. The number of carbonyl (C=O) groups excluding carboxylic acids is 3. The van der Waals surface area contributed by atoms with Gasteiger partial charge in [0, 0.05) is 31.1 Å². The molecule has 2 aromatic rings. The Morgan fingerprint density at radius 1 is 1.10 bits per heavy atom. The summed E-state index contributed by atoms with van der Waals surface area (Å²) in [6.07, 6.45) is 2.95. The number of hydrogen-bond donors (Lipinski definition) is 1. The van der Waals surface area contributed by atoms with Crippen molar-refractivity contribution in [2.75, 3.05) is 20.2 Å². The Hall–Kier alpha value is -2.86. The maximum Gasteiger partial charge on any atom is 0.338 e. The quantitative estimate of drug-likeness (QED) is 0.655. The van der Waals surface area contributed by atoms with Crippen molar-refractivity contribution in [2.45, 2.75) is 32.2 Å². The summed E-state index contributed by atoms with van der Waals surface area (Å²) >= 11 is 6.12. The van der Waals surface area contributed by atoms with Gasteiger partial charge in [0.15, 0.2) is 0 Å². The van der Waals surface area contributed by atoms with Crippen LogP contribution in [-0.4, -0.2) is 42.9 Å². The molecule has 1 aliphatic heterocycles. The van der Waals surface area contributed by atoms with Crippen LogP contribution in [0.25, 0.3) is 0 Å². The predicted octanol–water partition coefficient (Wildman–Crippen LogP) is 4.08. The van der Waals surface area contributed by atoms with E-state index in [0.717, 1.165) is 18.4 Å². The number of halogens is 1. The van der Waals surface area contributed by atoms with Crippen molar-refractivity contribution in [3.05, 3.63) is 70.2 Å². The Bertz CT molecular complexity index is 947. The third-order valence-corrected chi connectivity index (χ3v) is 5.95. The number of methoxy groups -OCH3 is 1. The topological polar surface area (TPSA) is 75.7 Å². The second kappa shape index (κ2) is 11.0. The van der Waals surface area contributed by atoms with Crippen LogP contribution in [0.3, 0.4) is 0 Å². The summed E-state index contributed by atoms with van der Waals surface area (Å²) in [7, 11) is 1.30. The maximum absolute atomic E-state index is 13.0. The van der Waals surface area contributed by atoms with Crippen LogP contribution >= 0.6 is 11.6 Å². The first-order valence-corrected chi connectivity index (χ1v) is 10.8. The van der Waals surface area contributed by atoms with Crippen LogP contribution in [0.1, 0.15) is 52.0 Å². The highest BCUT2D eigenvalue weighted by atomic mass is 35.5. The van der Waals surface area contributed by atoms with Crippen molar-refractivity contribution in [3.63, 3.8) is 0 Å². The molecule has 0 radical (unpaired) electrons. The number of esters is 1. The number of carbonyl (C=O) groups is 3. The van der Waals surface area contributed by atoms with Crippen molar-refractivity contribution < 1.29 is 19.1 Å². The number of nitrogens with one attached hydrogen (secondary N) is 1. The fraction of sp³-hybridized carbons (Fsp3) is 0.375. The maximum atomic E-state index is 13.0. The smallest absolute Gasteiger partial charge is 0.338 e. The van der Waals surface area contributed by atoms with Gasteiger partial charge in [0.25, 0.3) is 5.91 Å². The first-order valence-electron chi connectivity index (χ1n) is 10.5. The van der Waals surface area contributed by atoms with E-state index in [0.29, 0.717) is 43.1 Å². The lowest BCUT2D eigenvalue weighted by Gasteiger charge is -2.33. The summed E-state index contributed by atoms with van der Waals surface area (Å²) in [6, 6.07) is 14.1. The standard InChI is InChI=1S/C24H27ClN2O4/c1-31-24(30)20-10-4-3-9-19(20)23(29)27-14-6-7-17(16-27)12-13-22(28)26-15-18-8-2-5-11-21(18)25/h2-5,8-11,17H,6-7,12-16H2,1H3,(H,26,28). The van der Waals surface area contributed by atoms with E-state index in [1.165, 1.54) is 7.11 Å². The minimum Gasteiger partial charge on any atom is -0.465 e. The molecule has 1 unspecified atom stereocenters. The van der Waals surface area contributed by atoms with Crippen molar-refractivity contribution in [1.82, 2.24) is 10.2 Å². The zero-order valence-corrected chi connectivity index (χ0v) is 18.4. The molecule has 1 N–H and O–H groups in total. The predicted molar refractivity (Wildman–Crippen MR) is 119 cm³/mol. The molecular weight excluding hydrogens is 416 g/mol. The van der Waals surface area contributed by atoms with Gasteiger partial charge < -0.3 is 15.0 Å². The minimum absolute atomic E-state index is 0.0283. The summed E-state index contributed by atoms with van der Waals surface area (Å²) in [6.45, 7) is 1.62.